The molecule has 2 aliphatic heterocycles. The standard InChI is InChI=1S/C20H30N4O4S.HI/c1-20(2,3)28-19(25)23-11-12-24-16(15-23)14-22-18(24)21-10-7-13-29(26,27)17-8-5-4-6-9-17;/h4-6,8-9,16H,7,10-15H2,1-3H3,(H,21,22);1H. The number of carbonyl (C=O) groups is 1. The molecule has 168 valence electrons. The number of guanidine groups is 1. The van der Waals surface area contributed by atoms with E-state index < -0.39 is 15.4 Å². The monoisotopic (exact) mass is 550 g/mol. The number of benzene rings is 1. The summed E-state index contributed by atoms with van der Waals surface area (Å²) in [7, 11) is -3.26. The molecular formula is C20H31IN4O4S. The van der Waals surface area contributed by atoms with E-state index in [2.05, 4.69) is 15.2 Å². The maximum absolute atomic E-state index is 12.3. The number of ether oxygens (including phenoxy) is 1. The Balaban J connectivity index is 0.00000320. The molecule has 1 aromatic carbocycles. The minimum absolute atomic E-state index is 0. The highest BCUT2D eigenvalue weighted by molar-refractivity contribution is 14.0. The van der Waals surface area contributed by atoms with Crippen molar-refractivity contribution in [2.75, 3.05) is 38.5 Å². The van der Waals surface area contributed by atoms with Crippen molar-refractivity contribution >= 4 is 45.9 Å². The van der Waals surface area contributed by atoms with Crippen LogP contribution >= 0.6 is 24.0 Å². The van der Waals surface area contributed by atoms with Gasteiger partial charge in [0, 0.05) is 26.2 Å². The van der Waals surface area contributed by atoms with Crippen LogP contribution in [0.15, 0.2) is 40.2 Å². The second-order valence-electron chi connectivity index (χ2n) is 8.35. The summed E-state index contributed by atoms with van der Waals surface area (Å²) >= 11 is 0. The molecule has 0 aliphatic carbocycles. The molecular weight excluding hydrogens is 519 g/mol. The Morgan fingerprint density at radius 1 is 1.23 bits per heavy atom. The number of amides is 1. The summed E-state index contributed by atoms with van der Waals surface area (Å²) in [5.41, 5.74) is -0.507. The molecule has 1 amide bonds. The molecule has 1 N–H and O–H groups in total. The van der Waals surface area contributed by atoms with Gasteiger partial charge in [-0.15, -0.1) is 24.0 Å². The van der Waals surface area contributed by atoms with Crippen LogP contribution in [0.4, 0.5) is 4.79 Å². The van der Waals surface area contributed by atoms with Crippen LogP contribution in [-0.2, 0) is 14.6 Å². The second-order valence-corrected chi connectivity index (χ2v) is 10.5. The fourth-order valence-electron chi connectivity index (χ4n) is 3.43. The van der Waals surface area contributed by atoms with E-state index in [1.807, 2.05) is 20.8 Å². The molecule has 10 heteroatoms. The van der Waals surface area contributed by atoms with Gasteiger partial charge in [0.1, 0.15) is 5.60 Å². The van der Waals surface area contributed by atoms with Crippen molar-refractivity contribution in [2.45, 2.75) is 43.7 Å². The first-order valence-corrected chi connectivity index (χ1v) is 11.6. The first-order chi connectivity index (χ1) is 13.7. The molecule has 2 aliphatic rings. The van der Waals surface area contributed by atoms with Gasteiger partial charge in [-0.05, 0) is 39.3 Å². The van der Waals surface area contributed by atoms with E-state index in [4.69, 9.17) is 4.74 Å². The van der Waals surface area contributed by atoms with Gasteiger partial charge in [-0.25, -0.2) is 13.2 Å². The van der Waals surface area contributed by atoms with Crippen molar-refractivity contribution in [2.24, 2.45) is 4.99 Å². The predicted molar refractivity (Wildman–Crippen MR) is 127 cm³/mol. The largest absolute Gasteiger partial charge is 0.444 e. The number of aliphatic imine (C=N–C) groups is 1. The third-order valence-electron chi connectivity index (χ3n) is 4.83. The van der Waals surface area contributed by atoms with Crippen molar-refractivity contribution in [3.8, 4) is 0 Å². The van der Waals surface area contributed by atoms with E-state index in [0.717, 1.165) is 5.96 Å². The summed E-state index contributed by atoms with van der Waals surface area (Å²) < 4.78 is 30.1. The maximum atomic E-state index is 12.3. The van der Waals surface area contributed by atoms with E-state index in [-0.39, 0.29) is 41.9 Å². The Morgan fingerprint density at radius 2 is 1.93 bits per heavy atom. The third kappa shape index (κ3) is 6.47. The first-order valence-electron chi connectivity index (χ1n) is 9.96. The third-order valence-corrected chi connectivity index (χ3v) is 6.65. The van der Waals surface area contributed by atoms with Gasteiger partial charge < -0.3 is 19.9 Å². The van der Waals surface area contributed by atoms with Gasteiger partial charge in [0.2, 0.25) is 0 Å². The maximum Gasteiger partial charge on any atom is 0.410 e. The summed E-state index contributed by atoms with van der Waals surface area (Å²) in [6.45, 7) is 8.56. The molecule has 0 aromatic heterocycles. The van der Waals surface area contributed by atoms with Crippen LogP contribution in [0.5, 0.6) is 0 Å². The van der Waals surface area contributed by atoms with E-state index in [1.54, 1.807) is 35.2 Å². The first kappa shape index (κ1) is 24.7. The predicted octanol–water partition coefficient (Wildman–Crippen LogP) is 2.35. The van der Waals surface area contributed by atoms with Crippen molar-refractivity contribution in [3.05, 3.63) is 30.3 Å². The van der Waals surface area contributed by atoms with Gasteiger partial charge in [-0.3, -0.25) is 4.99 Å². The number of hydrogen-bond acceptors (Lipinski definition) is 7. The zero-order valence-corrected chi connectivity index (χ0v) is 20.9. The van der Waals surface area contributed by atoms with Gasteiger partial charge in [-0.1, -0.05) is 18.2 Å². The zero-order valence-electron chi connectivity index (χ0n) is 17.7. The summed E-state index contributed by atoms with van der Waals surface area (Å²) in [5.74, 6) is 0.878. The molecule has 3 rings (SSSR count). The van der Waals surface area contributed by atoms with Gasteiger partial charge >= 0.3 is 6.09 Å². The van der Waals surface area contributed by atoms with Crippen molar-refractivity contribution in [3.63, 3.8) is 0 Å². The number of nitrogens with one attached hydrogen (secondary N) is 1. The molecule has 1 unspecified atom stereocenters. The summed E-state index contributed by atoms with van der Waals surface area (Å²) in [4.78, 5) is 21.1. The van der Waals surface area contributed by atoms with Gasteiger partial charge in [0.25, 0.3) is 0 Å². The van der Waals surface area contributed by atoms with Crippen LogP contribution in [0.25, 0.3) is 0 Å². The number of sulfone groups is 1. The second kappa shape index (κ2) is 10.2. The molecule has 0 spiro atoms. The smallest absolute Gasteiger partial charge is 0.410 e. The number of hydrogen-bond donors (Lipinski definition) is 1. The average molecular weight is 550 g/mol. The highest BCUT2D eigenvalue weighted by Gasteiger charge is 2.36. The highest BCUT2D eigenvalue weighted by Crippen LogP contribution is 2.18. The molecule has 30 heavy (non-hydrogen) atoms. The molecule has 1 atom stereocenters. The normalized spacial score (nSPS) is 18.9. The fourth-order valence-corrected chi connectivity index (χ4v) is 4.76. The number of piperazine rings is 1. The average Bonchev–Trinajstić information content (AvgIpc) is 3.07. The molecule has 1 saturated heterocycles. The molecule has 2 heterocycles. The summed E-state index contributed by atoms with van der Waals surface area (Å²) in [5, 5.41) is 3.26. The van der Waals surface area contributed by atoms with Crippen molar-refractivity contribution in [1.29, 1.82) is 0 Å². The minimum atomic E-state index is -3.26. The molecule has 1 aromatic rings. The Hall–Kier alpha value is -1.56. The van der Waals surface area contributed by atoms with E-state index in [9.17, 15) is 13.2 Å². The van der Waals surface area contributed by atoms with Crippen LogP contribution in [0.3, 0.4) is 0 Å². The van der Waals surface area contributed by atoms with Crippen molar-refractivity contribution < 1.29 is 17.9 Å². The lowest BCUT2D eigenvalue weighted by molar-refractivity contribution is 0.0137. The van der Waals surface area contributed by atoms with E-state index in [1.165, 1.54) is 0 Å². The zero-order chi connectivity index (χ0) is 21.1. The number of carbonyl (C=O) groups excluding carboxylic acids is 1. The fraction of sp³-hybridized carbons (Fsp3) is 0.600. The van der Waals surface area contributed by atoms with Gasteiger partial charge in [-0.2, -0.15) is 0 Å². The summed E-state index contributed by atoms with van der Waals surface area (Å²) in [6, 6.07) is 8.65. The Kier molecular flexibility index (Phi) is 8.37. The molecule has 0 bridgehead atoms. The molecule has 0 radical (unpaired) electrons. The van der Waals surface area contributed by atoms with Crippen LogP contribution in [0.2, 0.25) is 0 Å². The minimum Gasteiger partial charge on any atom is -0.444 e. The van der Waals surface area contributed by atoms with Gasteiger partial charge in [0.15, 0.2) is 15.8 Å². The Bertz CT molecular complexity index is 855. The topological polar surface area (TPSA) is 91.3 Å². The lowest BCUT2D eigenvalue weighted by Crippen LogP contribution is -2.57. The number of nitrogens with zero attached hydrogens (tertiary/aromatic N) is 3. The van der Waals surface area contributed by atoms with Gasteiger partial charge in [0.05, 0.1) is 23.2 Å². The number of halogens is 1. The Labute approximate surface area is 196 Å². The Morgan fingerprint density at radius 3 is 2.60 bits per heavy atom. The van der Waals surface area contributed by atoms with Crippen LogP contribution in [-0.4, -0.2) is 80.4 Å². The molecule has 8 nitrogen and oxygen atoms in total. The lowest BCUT2D eigenvalue weighted by atomic mass is 10.2. The quantitative estimate of drug-likeness (QED) is 0.447. The number of fused-ring (bicyclic) bond motifs is 1. The van der Waals surface area contributed by atoms with E-state index in [0.29, 0.717) is 44.0 Å². The van der Waals surface area contributed by atoms with Crippen LogP contribution < -0.4 is 5.32 Å². The highest BCUT2D eigenvalue weighted by atomic mass is 127. The number of rotatable bonds is 5. The molecule has 0 saturated carbocycles. The summed E-state index contributed by atoms with van der Waals surface area (Å²) in [6.07, 6.45) is 0.211. The lowest BCUT2D eigenvalue weighted by Gasteiger charge is -2.39. The SMILES string of the molecule is CC(C)(C)OC(=O)N1CCN2C(NCCCS(=O)(=O)c3ccccc3)=NCC2C1.I. The van der Waals surface area contributed by atoms with Crippen LogP contribution in [0.1, 0.15) is 27.2 Å². The van der Waals surface area contributed by atoms with Crippen LogP contribution in [0, 0.1) is 0 Å². The van der Waals surface area contributed by atoms with E-state index >= 15 is 0 Å². The molecule has 1 fully saturated rings. The van der Waals surface area contributed by atoms with Crippen molar-refractivity contribution in [1.82, 2.24) is 15.1 Å².